The number of benzene rings is 1. The van der Waals surface area contributed by atoms with E-state index in [2.05, 4.69) is 21.2 Å². The van der Waals surface area contributed by atoms with Gasteiger partial charge in [0.05, 0.1) is 4.90 Å². The molecule has 0 radical (unpaired) electrons. The molecule has 3 N–H and O–H groups in total. The first-order chi connectivity index (χ1) is 10.4. The van der Waals surface area contributed by atoms with E-state index in [-0.39, 0.29) is 22.5 Å². The predicted molar refractivity (Wildman–Crippen MR) is 86.0 cm³/mol. The number of amides is 1. The van der Waals surface area contributed by atoms with Gasteiger partial charge in [0.25, 0.3) is 0 Å². The maximum atomic E-state index is 13.1. The fraction of sp³-hybridized carbons (Fsp3) is 0.500. The SMILES string of the molecule is NC(=O)c1cc(Br)cc(S(=O)(=O)N(C2CC2)C2CCNC2)c1. The molecule has 1 saturated heterocycles. The first-order valence-corrected chi connectivity index (χ1v) is 9.47. The number of halogens is 1. The molecule has 0 spiro atoms. The number of primary amides is 1. The molecule has 1 aliphatic carbocycles. The van der Waals surface area contributed by atoms with Crippen molar-refractivity contribution in [1.82, 2.24) is 9.62 Å². The standard InChI is InChI=1S/C14H18BrN3O3S/c15-10-5-9(14(16)19)6-13(7-10)22(20,21)18(11-1-2-11)12-3-4-17-8-12/h5-7,11-12,17H,1-4,8H2,(H2,16,19). The minimum absolute atomic E-state index is 0.0199. The van der Waals surface area contributed by atoms with Crippen LogP contribution in [0.1, 0.15) is 29.6 Å². The molecule has 1 aliphatic heterocycles. The van der Waals surface area contributed by atoms with Gasteiger partial charge in [-0.05, 0) is 44.0 Å². The maximum Gasteiger partial charge on any atom is 0.248 e. The Kier molecular flexibility index (Phi) is 4.28. The first kappa shape index (κ1) is 15.9. The van der Waals surface area contributed by atoms with Gasteiger partial charge in [-0.15, -0.1) is 0 Å². The van der Waals surface area contributed by atoms with E-state index < -0.39 is 15.9 Å². The monoisotopic (exact) mass is 387 g/mol. The van der Waals surface area contributed by atoms with Crippen molar-refractivity contribution in [3.05, 3.63) is 28.2 Å². The number of rotatable bonds is 5. The lowest BCUT2D eigenvalue weighted by atomic mass is 10.2. The van der Waals surface area contributed by atoms with Gasteiger partial charge in [-0.2, -0.15) is 4.31 Å². The van der Waals surface area contributed by atoms with Crippen LogP contribution in [0, 0.1) is 0 Å². The van der Waals surface area contributed by atoms with Gasteiger partial charge < -0.3 is 11.1 Å². The van der Waals surface area contributed by atoms with Crippen molar-refractivity contribution in [2.24, 2.45) is 5.73 Å². The number of carbonyl (C=O) groups is 1. The van der Waals surface area contributed by atoms with Gasteiger partial charge in [0.2, 0.25) is 15.9 Å². The number of nitrogens with zero attached hydrogens (tertiary/aromatic N) is 1. The van der Waals surface area contributed by atoms with Crippen molar-refractivity contribution < 1.29 is 13.2 Å². The van der Waals surface area contributed by atoms with E-state index in [9.17, 15) is 13.2 Å². The maximum absolute atomic E-state index is 13.1. The van der Waals surface area contributed by atoms with E-state index in [1.807, 2.05) is 0 Å². The highest BCUT2D eigenvalue weighted by Crippen LogP contribution is 2.36. The van der Waals surface area contributed by atoms with Crippen LogP contribution in [0.3, 0.4) is 0 Å². The van der Waals surface area contributed by atoms with Crippen LogP contribution in [-0.2, 0) is 10.0 Å². The normalized spacial score (nSPS) is 22.2. The van der Waals surface area contributed by atoms with Gasteiger partial charge in [-0.25, -0.2) is 8.42 Å². The van der Waals surface area contributed by atoms with Gasteiger partial charge in [-0.3, -0.25) is 4.79 Å². The van der Waals surface area contributed by atoms with Crippen molar-refractivity contribution >= 4 is 31.9 Å². The summed E-state index contributed by atoms with van der Waals surface area (Å²) in [6.45, 7) is 1.50. The topological polar surface area (TPSA) is 92.5 Å². The molecule has 6 nitrogen and oxygen atoms in total. The van der Waals surface area contributed by atoms with Crippen molar-refractivity contribution in [3.63, 3.8) is 0 Å². The van der Waals surface area contributed by atoms with E-state index in [1.54, 1.807) is 4.31 Å². The molecule has 1 saturated carbocycles. The number of sulfonamides is 1. The molecular weight excluding hydrogens is 370 g/mol. The summed E-state index contributed by atoms with van der Waals surface area (Å²) in [7, 11) is -3.64. The summed E-state index contributed by atoms with van der Waals surface area (Å²) in [6.07, 6.45) is 2.60. The molecular formula is C14H18BrN3O3S. The second-order valence-corrected chi connectivity index (χ2v) is 8.51. The molecule has 0 bridgehead atoms. The summed E-state index contributed by atoms with van der Waals surface area (Å²) in [5.74, 6) is -0.641. The third-order valence-electron chi connectivity index (χ3n) is 4.03. The molecule has 1 heterocycles. The van der Waals surface area contributed by atoms with Crippen LogP contribution in [0.15, 0.2) is 27.6 Å². The molecule has 1 aromatic rings. The predicted octanol–water partition coefficient (Wildman–Crippen LogP) is 1.06. The Morgan fingerprint density at radius 3 is 2.50 bits per heavy atom. The van der Waals surface area contributed by atoms with Crippen LogP contribution < -0.4 is 11.1 Å². The lowest BCUT2D eigenvalue weighted by Gasteiger charge is -2.27. The van der Waals surface area contributed by atoms with Crippen LogP contribution >= 0.6 is 15.9 Å². The van der Waals surface area contributed by atoms with E-state index in [1.165, 1.54) is 18.2 Å². The minimum atomic E-state index is -3.64. The largest absolute Gasteiger partial charge is 0.366 e. The molecule has 22 heavy (non-hydrogen) atoms. The third kappa shape index (κ3) is 3.05. The van der Waals surface area contributed by atoms with Crippen LogP contribution in [-0.4, -0.2) is 43.8 Å². The lowest BCUT2D eigenvalue weighted by molar-refractivity contribution is 0.1000. The number of nitrogens with one attached hydrogen (secondary N) is 1. The summed E-state index contributed by atoms with van der Waals surface area (Å²) >= 11 is 3.26. The molecule has 120 valence electrons. The Morgan fingerprint density at radius 2 is 1.95 bits per heavy atom. The second kappa shape index (κ2) is 5.92. The van der Waals surface area contributed by atoms with Gasteiger partial charge in [0.15, 0.2) is 0 Å². The fourth-order valence-corrected chi connectivity index (χ4v) is 5.47. The van der Waals surface area contributed by atoms with Gasteiger partial charge >= 0.3 is 0 Å². The molecule has 2 fully saturated rings. The summed E-state index contributed by atoms with van der Waals surface area (Å²) in [5, 5.41) is 3.21. The average molecular weight is 388 g/mol. The van der Waals surface area contributed by atoms with Gasteiger partial charge in [0.1, 0.15) is 0 Å². The molecule has 2 aliphatic rings. The van der Waals surface area contributed by atoms with Crippen LogP contribution in [0.5, 0.6) is 0 Å². The Bertz CT molecular complexity index is 697. The molecule has 1 aromatic carbocycles. The Labute approximate surface area is 138 Å². The van der Waals surface area contributed by atoms with Crippen molar-refractivity contribution in [2.45, 2.75) is 36.2 Å². The zero-order chi connectivity index (χ0) is 15.9. The van der Waals surface area contributed by atoms with Crippen molar-refractivity contribution in [1.29, 1.82) is 0 Å². The average Bonchev–Trinajstić information content (AvgIpc) is 3.12. The second-order valence-electron chi connectivity index (χ2n) is 5.75. The smallest absolute Gasteiger partial charge is 0.248 e. The van der Waals surface area contributed by atoms with Crippen molar-refractivity contribution in [3.8, 4) is 0 Å². The van der Waals surface area contributed by atoms with E-state index >= 15 is 0 Å². The quantitative estimate of drug-likeness (QED) is 0.789. The highest BCUT2D eigenvalue weighted by Gasteiger charge is 2.43. The first-order valence-electron chi connectivity index (χ1n) is 7.24. The third-order valence-corrected chi connectivity index (χ3v) is 6.47. The summed E-state index contributed by atoms with van der Waals surface area (Å²) in [4.78, 5) is 11.5. The van der Waals surface area contributed by atoms with Crippen LogP contribution in [0.2, 0.25) is 0 Å². The Hall–Kier alpha value is -0.960. The zero-order valence-electron chi connectivity index (χ0n) is 12.0. The number of carbonyl (C=O) groups excluding carboxylic acids is 1. The van der Waals surface area contributed by atoms with E-state index in [0.717, 1.165) is 25.8 Å². The minimum Gasteiger partial charge on any atom is -0.366 e. The summed E-state index contributed by atoms with van der Waals surface area (Å²) in [6, 6.07) is 4.47. The number of hydrogen-bond donors (Lipinski definition) is 2. The molecule has 3 rings (SSSR count). The van der Waals surface area contributed by atoms with Gasteiger partial charge in [-0.1, -0.05) is 15.9 Å². The fourth-order valence-electron chi connectivity index (χ4n) is 2.85. The Balaban J connectivity index is 2.02. The lowest BCUT2D eigenvalue weighted by Crippen LogP contribution is -2.43. The summed E-state index contributed by atoms with van der Waals surface area (Å²) < 4.78 is 28.3. The molecule has 1 atom stereocenters. The van der Waals surface area contributed by atoms with E-state index in [4.69, 9.17) is 5.73 Å². The summed E-state index contributed by atoms with van der Waals surface area (Å²) in [5.41, 5.74) is 5.48. The molecule has 0 aromatic heterocycles. The zero-order valence-corrected chi connectivity index (χ0v) is 14.4. The highest BCUT2D eigenvalue weighted by atomic mass is 79.9. The highest BCUT2D eigenvalue weighted by molar-refractivity contribution is 9.10. The van der Waals surface area contributed by atoms with Gasteiger partial charge in [0, 0.05) is 28.7 Å². The van der Waals surface area contributed by atoms with E-state index in [0.29, 0.717) is 11.0 Å². The molecule has 1 unspecified atom stereocenters. The molecule has 1 amide bonds. The van der Waals surface area contributed by atoms with Crippen LogP contribution in [0.25, 0.3) is 0 Å². The number of hydrogen-bond acceptors (Lipinski definition) is 4. The molecule has 8 heteroatoms. The Morgan fingerprint density at radius 1 is 1.23 bits per heavy atom. The number of nitrogens with two attached hydrogens (primary N) is 1. The van der Waals surface area contributed by atoms with Crippen molar-refractivity contribution in [2.75, 3.05) is 13.1 Å². The van der Waals surface area contributed by atoms with Crippen LogP contribution in [0.4, 0.5) is 0 Å².